The number of para-hydroxylation sites is 1. The quantitative estimate of drug-likeness (QED) is 0.826. The molecule has 0 bridgehead atoms. The molecule has 0 saturated carbocycles. The molecule has 18 heavy (non-hydrogen) atoms. The third-order valence-corrected chi connectivity index (χ3v) is 3.24. The molecule has 0 saturated heterocycles. The largest absolute Gasteiger partial charge is 0.350 e. The van der Waals surface area contributed by atoms with E-state index in [2.05, 4.69) is 10.3 Å². The van der Waals surface area contributed by atoms with Crippen molar-refractivity contribution in [3.05, 3.63) is 34.7 Å². The molecule has 0 fully saturated rings. The molecule has 1 N–H and O–H groups in total. The molecule has 0 radical (unpaired) electrons. The van der Waals surface area contributed by atoms with Crippen LogP contribution in [-0.2, 0) is 4.79 Å². The molecule has 1 aliphatic rings. The molecule has 2 heterocycles. The van der Waals surface area contributed by atoms with Gasteiger partial charge in [0.25, 0.3) is 0 Å². The van der Waals surface area contributed by atoms with E-state index in [1.807, 2.05) is 32.0 Å². The number of carbonyl (C=O) groups is 1. The number of hydrogen-bond acceptors (Lipinski definition) is 3. The Bertz CT molecular complexity index is 703. The van der Waals surface area contributed by atoms with E-state index >= 15 is 0 Å². The van der Waals surface area contributed by atoms with E-state index < -0.39 is 6.04 Å². The summed E-state index contributed by atoms with van der Waals surface area (Å²) in [5, 5.41) is 3.60. The van der Waals surface area contributed by atoms with Crippen molar-refractivity contribution in [2.45, 2.75) is 19.9 Å². The van der Waals surface area contributed by atoms with Gasteiger partial charge in [0.1, 0.15) is 11.9 Å². The van der Waals surface area contributed by atoms with Gasteiger partial charge in [0.05, 0.1) is 5.52 Å². The molecule has 0 spiro atoms. The first-order valence-electron chi connectivity index (χ1n) is 5.91. The first-order valence-corrected chi connectivity index (χ1v) is 5.91. The van der Waals surface area contributed by atoms with Crippen molar-refractivity contribution in [1.29, 1.82) is 0 Å². The van der Waals surface area contributed by atoms with Gasteiger partial charge in [0.2, 0.25) is 5.91 Å². The maximum atomic E-state index is 12.0. The number of nitrogens with zero attached hydrogens (tertiary/aromatic N) is 2. The Morgan fingerprint density at radius 3 is 2.72 bits per heavy atom. The maximum Gasteiger partial charge on any atom is 0.350 e. The van der Waals surface area contributed by atoms with E-state index in [0.29, 0.717) is 11.3 Å². The second kappa shape index (κ2) is 3.66. The highest BCUT2D eigenvalue weighted by Crippen LogP contribution is 2.32. The van der Waals surface area contributed by atoms with Crippen LogP contribution >= 0.6 is 0 Å². The lowest BCUT2D eigenvalue weighted by Crippen LogP contribution is -2.29. The van der Waals surface area contributed by atoms with Crippen molar-refractivity contribution >= 4 is 22.6 Å². The zero-order valence-corrected chi connectivity index (χ0v) is 10.2. The van der Waals surface area contributed by atoms with Crippen LogP contribution in [0.2, 0.25) is 0 Å². The summed E-state index contributed by atoms with van der Waals surface area (Å²) in [4.78, 5) is 28.0. The Labute approximate surface area is 103 Å². The number of anilines is 1. The number of rotatable bonds is 1. The predicted octanol–water partition coefficient (Wildman–Crippen LogP) is 1.55. The number of benzene rings is 1. The Hall–Kier alpha value is -2.17. The summed E-state index contributed by atoms with van der Waals surface area (Å²) in [6.07, 6.45) is 0. The average molecular weight is 243 g/mol. The van der Waals surface area contributed by atoms with E-state index in [1.54, 1.807) is 6.07 Å². The standard InChI is InChI=1S/C13H13N3O2/c1-7(2)10-12(17)15-11-8-5-3-4-6-9(8)14-13(18)16(10)11/h3-7,10H,1-2H3,(H,15,17). The Kier molecular flexibility index (Phi) is 2.23. The minimum Gasteiger partial charge on any atom is -0.310 e. The molecule has 1 unspecified atom stereocenters. The normalized spacial score (nSPS) is 18.2. The second-order valence-corrected chi connectivity index (χ2v) is 4.81. The van der Waals surface area contributed by atoms with Gasteiger partial charge in [-0.2, -0.15) is 4.98 Å². The number of aromatic nitrogens is 2. The first-order chi connectivity index (χ1) is 8.59. The van der Waals surface area contributed by atoms with Crippen LogP contribution in [0.1, 0.15) is 19.9 Å². The third-order valence-electron chi connectivity index (χ3n) is 3.24. The van der Waals surface area contributed by atoms with Crippen molar-refractivity contribution < 1.29 is 4.79 Å². The molecule has 5 heteroatoms. The van der Waals surface area contributed by atoms with Crippen molar-refractivity contribution in [2.24, 2.45) is 5.92 Å². The molecular formula is C13H13N3O2. The zero-order chi connectivity index (χ0) is 12.9. The summed E-state index contributed by atoms with van der Waals surface area (Å²) in [6, 6.07) is 6.85. The monoisotopic (exact) mass is 243 g/mol. The van der Waals surface area contributed by atoms with Crippen LogP contribution in [0.5, 0.6) is 0 Å². The third kappa shape index (κ3) is 1.37. The lowest BCUT2D eigenvalue weighted by molar-refractivity contribution is -0.119. The van der Waals surface area contributed by atoms with E-state index in [4.69, 9.17) is 0 Å². The summed E-state index contributed by atoms with van der Waals surface area (Å²) in [6.45, 7) is 3.84. The molecule has 1 aromatic heterocycles. The van der Waals surface area contributed by atoms with Crippen molar-refractivity contribution in [3.63, 3.8) is 0 Å². The average Bonchev–Trinajstić information content (AvgIpc) is 2.67. The van der Waals surface area contributed by atoms with Crippen LogP contribution < -0.4 is 11.0 Å². The van der Waals surface area contributed by atoms with Crippen molar-refractivity contribution in [2.75, 3.05) is 5.32 Å². The van der Waals surface area contributed by atoms with Crippen LogP contribution in [0.15, 0.2) is 29.1 Å². The van der Waals surface area contributed by atoms with E-state index in [9.17, 15) is 9.59 Å². The lowest BCUT2D eigenvalue weighted by Gasteiger charge is -2.14. The van der Waals surface area contributed by atoms with Gasteiger partial charge in [-0.3, -0.25) is 9.36 Å². The van der Waals surface area contributed by atoms with Crippen molar-refractivity contribution in [3.8, 4) is 0 Å². The van der Waals surface area contributed by atoms with Crippen molar-refractivity contribution in [1.82, 2.24) is 9.55 Å². The van der Waals surface area contributed by atoms with Gasteiger partial charge in [-0.1, -0.05) is 26.0 Å². The topological polar surface area (TPSA) is 64.0 Å². The number of fused-ring (bicyclic) bond motifs is 3. The molecule has 1 atom stereocenters. The molecule has 1 aromatic carbocycles. The summed E-state index contributed by atoms with van der Waals surface area (Å²) in [7, 11) is 0. The van der Waals surface area contributed by atoms with Crippen LogP contribution in [0, 0.1) is 5.92 Å². The summed E-state index contributed by atoms with van der Waals surface area (Å²) in [5.41, 5.74) is 0.235. The Balaban J connectivity index is 2.39. The highest BCUT2D eigenvalue weighted by molar-refractivity contribution is 6.04. The number of carbonyl (C=O) groups excluding carboxylic acids is 1. The molecule has 1 amide bonds. The van der Waals surface area contributed by atoms with Gasteiger partial charge in [0.15, 0.2) is 0 Å². The fourth-order valence-corrected chi connectivity index (χ4v) is 2.45. The SMILES string of the molecule is CC(C)C1C(=O)Nc2c3ccccc3nc(=O)n21. The first kappa shape index (κ1) is 11.0. The predicted molar refractivity (Wildman–Crippen MR) is 68.5 cm³/mol. The van der Waals surface area contributed by atoms with Crippen LogP contribution in [0.25, 0.3) is 10.9 Å². The fraction of sp³-hybridized carbons (Fsp3) is 0.308. The van der Waals surface area contributed by atoms with Crippen LogP contribution in [0.3, 0.4) is 0 Å². The number of nitrogens with one attached hydrogen (secondary N) is 1. The van der Waals surface area contributed by atoms with E-state index in [0.717, 1.165) is 5.39 Å². The molecular weight excluding hydrogens is 230 g/mol. The van der Waals surface area contributed by atoms with Gasteiger partial charge in [0, 0.05) is 5.39 Å². The minimum atomic E-state index is -0.468. The van der Waals surface area contributed by atoms with Crippen LogP contribution in [-0.4, -0.2) is 15.5 Å². The van der Waals surface area contributed by atoms with Gasteiger partial charge in [-0.25, -0.2) is 4.79 Å². The number of hydrogen-bond donors (Lipinski definition) is 1. The van der Waals surface area contributed by atoms with Gasteiger partial charge in [-0.15, -0.1) is 0 Å². The maximum absolute atomic E-state index is 12.0. The summed E-state index contributed by atoms with van der Waals surface area (Å²) in [5.74, 6) is 0.474. The van der Waals surface area contributed by atoms with Gasteiger partial charge < -0.3 is 5.32 Å². The molecule has 0 aliphatic carbocycles. The summed E-state index contributed by atoms with van der Waals surface area (Å²) < 4.78 is 1.47. The molecule has 2 aromatic rings. The molecule has 1 aliphatic heterocycles. The minimum absolute atomic E-state index is 0.0481. The smallest absolute Gasteiger partial charge is 0.310 e. The highest BCUT2D eigenvalue weighted by Gasteiger charge is 2.35. The number of amides is 1. The Morgan fingerprint density at radius 1 is 1.28 bits per heavy atom. The molecule has 5 nitrogen and oxygen atoms in total. The lowest BCUT2D eigenvalue weighted by atomic mass is 10.0. The summed E-state index contributed by atoms with van der Waals surface area (Å²) >= 11 is 0. The Morgan fingerprint density at radius 2 is 2.00 bits per heavy atom. The molecule has 3 rings (SSSR count). The van der Waals surface area contributed by atoms with Gasteiger partial charge in [-0.05, 0) is 18.1 Å². The van der Waals surface area contributed by atoms with E-state index in [-0.39, 0.29) is 17.5 Å². The zero-order valence-electron chi connectivity index (χ0n) is 10.2. The highest BCUT2D eigenvalue weighted by atomic mass is 16.2. The van der Waals surface area contributed by atoms with Crippen LogP contribution in [0.4, 0.5) is 5.82 Å². The second-order valence-electron chi connectivity index (χ2n) is 4.81. The van der Waals surface area contributed by atoms with Gasteiger partial charge >= 0.3 is 5.69 Å². The fourth-order valence-electron chi connectivity index (χ4n) is 2.45. The van der Waals surface area contributed by atoms with E-state index in [1.165, 1.54) is 4.57 Å². The molecule has 92 valence electrons.